The predicted molar refractivity (Wildman–Crippen MR) is 113 cm³/mol. The molecule has 7 heteroatoms. The van der Waals surface area contributed by atoms with Gasteiger partial charge in [0.25, 0.3) is 0 Å². The number of nitrogens with one attached hydrogen (secondary N) is 1. The number of sulfone groups is 1. The molecule has 1 amide bonds. The van der Waals surface area contributed by atoms with Crippen LogP contribution in [0.4, 0.5) is 4.39 Å². The summed E-state index contributed by atoms with van der Waals surface area (Å²) in [6.07, 6.45) is 2.47. The zero-order valence-electron chi connectivity index (χ0n) is 17.0. The lowest BCUT2D eigenvalue weighted by Crippen LogP contribution is -2.34. The SMILES string of the molecule is CCCCN(C)CCC(=O)NCC(c1ccccc1)S(=O)(=O)c1ccc(F)cc1. The molecule has 0 saturated heterocycles. The number of rotatable bonds is 11. The van der Waals surface area contributed by atoms with Crippen LogP contribution in [-0.2, 0) is 14.6 Å². The van der Waals surface area contributed by atoms with Crippen molar-refractivity contribution in [1.29, 1.82) is 0 Å². The Kier molecular flexibility index (Phi) is 8.79. The van der Waals surface area contributed by atoms with E-state index >= 15 is 0 Å². The van der Waals surface area contributed by atoms with Crippen molar-refractivity contribution >= 4 is 15.7 Å². The van der Waals surface area contributed by atoms with Crippen molar-refractivity contribution < 1.29 is 17.6 Å². The molecule has 0 bridgehead atoms. The van der Waals surface area contributed by atoms with Crippen LogP contribution in [-0.4, -0.2) is 45.9 Å². The molecule has 0 radical (unpaired) electrons. The van der Waals surface area contributed by atoms with Gasteiger partial charge in [-0.3, -0.25) is 4.79 Å². The molecule has 0 aliphatic heterocycles. The second-order valence-electron chi connectivity index (χ2n) is 7.11. The van der Waals surface area contributed by atoms with Crippen LogP contribution in [0.3, 0.4) is 0 Å². The molecule has 2 aromatic carbocycles. The van der Waals surface area contributed by atoms with Crippen LogP contribution in [0.1, 0.15) is 37.0 Å². The van der Waals surface area contributed by atoms with Crippen LogP contribution in [0.25, 0.3) is 0 Å². The van der Waals surface area contributed by atoms with E-state index in [1.165, 1.54) is 12.1 Å². The third-order valence-corrected chi connectivity index (χ3v) is 6.90. The fourth-order valence-corrected chi connectivity index (χ4v) is 4.65. The predicted octanol–water partition coefficient (Wildman–Crippen LogP) is 3.58. The number of nitrogens with zero attached hydrogens (tertiary/aromatic N) is 1. The topological polar surface area (TPSA) is 66.5 Å². The first-order valence-electron chi connectivity index (χ1n) is 9.84. The van der Waals surface area contributed by atoms with Crippen molar-refractivity contribution in [2.75, 3.05) is 26.7 Å². The fraction of sp³-hybridized carbons (Fsp3) is 0.409. The largest absolute Gasteiger partial charge is 0.354 e. The summed E-state index contributed by atoms with van der Waals surface area (Å²) in [6.45, 7) is 3.62. The number of halogens is 1. The zero-order chi connectivity index (χ0) is 21.3. The smallest absolute Gasteiger partial charge is 0.221 e. The van der Waals surface area contributed by atoms with Crippen LogP contribution in [0.5, 0.6) is 0 Å². The maximum absolute atomic E-state index is 13.2. The Bertz CT molecular complexity index is 871. The lowest BCUT2D eigenvalue weighted by Gasteiger charge is -2.20. The van der Waals surface area contributed by atoms with Gasteiger partial charge in [0.2, 0.25) is 5.91 Å². The molecule has 158 valence electrons. The zero-order valence-corrected chi connectivity index (χ0v) is 17.8. The molecule has 5 nitrogen and oxygen atoms in total. The van der Waals surface area contributed by atoms with E-state index in [9.17, 15) is 17.6 Å². The van der Waals surface area contributed by atoms with E-state index in [4.69, 9.17) is 0 Å². The van der Waals surface area contributed by atoms with Crippen molar-refractivity contribution in [2.24, 2.45) is 0 Å². The second-order valence-corrected chi connectivity index (χ2v) is 9.24. The molecule has 2 aromatic rings. The molecular formula is C22H29FN2O3S. The molecule has 1 atom stereocenters. The van der Waals surface area contributed by atoms with Gasteiger partial charge in [0.05, 0.1) is 4.90 Å². The summed E-state index contributed by atoms with van der Waals surface area (Å²) in [5.74, 6) is -0.690. The first kappa shape index (κ1) is 23.0. The minimum atomic E-state index is -3.80. The highest BCUT2D eigenvalue weighted by atomic mass is 32.2. The van der Waals surface area contributed by atoms with Gasteiger partial charge in [-0.1, -0.05) is 43.7 Å². The highest BCUT2D eigenvalue weighted by Gasteiger charge is 2.29. The Morgan fingerprint density at radius 3 is 2.34 bits per heavy atom. The van der Waals surface area contributed by atoms with Crippen molar-refractivity contribution in [3.8, 4) is 0 Å². The van der Waals surface area contributed by atoms with Crippen LogP contribution < -0.4 is 5.32 Å². The number of unbranched alkanes of at least 4 members (excludes halogenated alkanes) is 1. The Balaban J connectivity index is 2.10. The number of amides is 1. The summed E-state index contributed by atoms with van der Waals surface area (Å²) in [6, 6.07) is 13.5. The quantitative estimate of drug-likeness (QED) is 0.565. The minimum Gasteiger partial charge on any atom is -0.354 e. The van der Waals surface area contributed by atoms with E-state index in [2.05, 4.69) is 17.1 Å². The molecule has 0 saturated carbocycles. The van der Waals surface area contributed by atoms with Gasteiger partial charge in [0.15, 0.2) is 9.84 Å². The van der Waals surface area contributed by atoms with Gasteiger partial charge in [0, 0.05) is 19.5 Å². The van der Waals surface area contributed by atoms with Crippen molar-refractivity contribution in [3.63, 3.8) is 0 Å². The Morgan fingerprint density at radius 2 is 1.72 bits per heavy atom. The number of hydrogen-bond donors (Lipinski definition) is 1. The molecular weight excluding hydrogens is 391 g/mol. The molecule has 2 rings (SSSR count). The highest BCUT2D eigenvalue weighted by molar-refractivity contribution is 7.91. The van der Waals surface area contributed by atoms with E-state index in [1.807, 2.05) is 7.05 Å². The van der Waals surface area contributed by atoms with Crippen molar-refractivity contribution in [1.82, 2.24) is 10.2 Å². The van der Waals surface area contributed by atoms with Crippen molar-refractivity contribution in [2.45, 2.75) is 36.3 Å². The average molecular weight is 421 g/mol. The molecule has 0 aromatic heterocycles. The highest BCUT2D eigenvalue weighted by Crippen LogP contribution is 2.28. The van der Waals surface area contributed by atoms with E-state index in [0.29, 0.717) is 18.5 Å². The summed E-state index contributed by atoms with van der Waals surface area (Å²) in [5.41, 5.74) is 0.581. The fourth-order valence-electron chi connectivity index (χ4n) is 2.99. The Labute approximate surface area is 172 Å². The summed E-state index contributed by atoms with van der Waals surface area (Å²) in [5, 5.41) is 1.81. The van der Waals surface area contributed by atoms with E-state index in [-0.39, 0.29) is 17.3 Å². The van der Waals surface area contributed by atoms with Crippen molar-refractivity contribution in [3.05, 3.63) is 66.0 Å². The Morgan fingerprint density at radius 1 is 1.07 bits per heavy atom. The molecule has 29 heavy (non-hydrogen) atoms. The second kappa shape index (κ2) is 11.1. The third kappa shape index (κ3) is 6.94. The third-order valence-electron chi connectivity index (χ3n) is 4.79. The number of hydrogen-bond acceptors (Lipinski definition) is 4. The maximum atomic E-state index is 13.2. The maximum Gasteiger partial charge on any atom is 0.221 e. The Hall–Kier alpha value is -2.25. The van der Waals surface area contributed by atoms with Crippen LogP contribution >= 0.6 is 0 Å². The van der Waals surface area contributed by atoms with E-state index in [1.54, 1.807) is 30.3 Å². The van der Waals surface area contributed by atoms with Gasteiger partial charge in [-0.2, -0.15) is 0 Å². The average Bonchev–Trinajstić information content (AvgIpc) is 2.71. The molecule has 0 fully saturated rings. The number of benzene rings is 2. The van der Waals surface area contributed by atoms with Crippen LogP contribution in [0.2, 0.25) is 0 Å². The summed E-state index contributed by atoms with van der Waals surface area (Å²) in [7, 11) is -1.83. The van der Waals surface area contributed by atoms with Gasteiger partial charge >= 0.3 is 0 Å². The molecule has 1 unspecified atom stereocenters. The summed E-state index contributed by atoms with van der Waals surface area (Å²) < 4.78 is 39.5. The van der Waals surface area contributed by atoms with Gasteiger partial charge in [-0.05, 0) is 49.8 Å². The normalized spacial score (nSPS) is 12.7. The molecule has 1 N–H and O–H groups in total. The van der Waals surface area contributed by atoms with Crippen LogP contribution in [0, 0.1) is 5.82 Å². The first-order chi connectivity index (χ1) is 13.8. The molecule has 0 spiro atoms. The van der Waals surface area contributed by atoms with Gasteiger partial charge in [-0.25, -0.2) is 12.8 Å². The summed E-state index contributed by atoms with van der Waals surface area (Å²) >= 11 is 0. The lowest BCUT2D eigenvalue weighted by atomic mass is 10.1. The van der Waals surface area contributed by atoms with Crippen LogP contribution in [0.15, 0.2) is 59.5 Å². The molecule has 0 heterocycles. The van der Waals surface area contributed by atoms with E-state index < -0.39 is 20.9 Å². The first-order valence-corrected chi connectivity index (χ1v) is 11.4. The van der Waals surface area contributed by atoms with Gasteiger partial charge in [0.1, 0.15) is 11.1 Å². The molecule has 0 aliphatic carbocycles. The lowest BCUT2D eigenvalue weighted by molar-refractivity contribution is -0.121. The molecule has 0 aliphatic rings. The number of carbonyl (C=O) groups is 1. The standard InChI is InChI=1S/C22H29FN2O3S/c1-3-4-15-25(2)16-14-22(26)24-17-21(18-8-6-5-7-9-18)29(27,28)20-12-10-19(23)11-13-20/h5-13,21H,3-4,14-17H2,1-2H3,(H,24,26). The minimum absolute atomic E-state index is 0.0290. The van der Waals surface area contributed by atoms with E-state index in [0.717, 1.165) is 31.5 Å². The monoisotopic (exact) mass is 420 g/mol. The summed E-state index contributed by atoms with van der Waals surface area (Å²) in [4.78, 5) is 14.4. The van der Waals surface area contributed by atoms with Gasteiger partial charge in [-0.15, -0.1) is 0 Å². The number of carbonyl (C=O) groups excluding carboxylic acids is 1. The van der Waals surface area contributed by atoms with Gasteiger partial charge < -0.3 is 10.2 Å².